The summed E-state index contributed by atoms with van der Waals surface area (Å²) in [4.78, 5) is 2.46. The van der Waals surface area contributed by atoms with E-state index in [1.54, 1.807) is 18.4 Å². The number of sulfonamides is 1. The van der Waals surface area contributed by atoms with E-state index >= 15 is 0 Å². The largest absolute Gasteiger partial charge is 0.468 e. The molecule has 0 spiro atoms. The fourth-order valence-corrected chi connectivity index (χ4v) is 3.99. The topological polar surface area (TPSA) is 62.6 Å². The zero-order valence-corrected chi connectivity index (χ0v) is 14.2. The van der Waals surface area contributed by atoms with Crippen molar-refractivity contribution in [3.63, 3.8) is 0 Å². The first-order valence-corrected chi connectivity index (χ1v) is 9.45. The number of nitrogens with zero attached hydrogens (tertiary/aromatic N) is 1. The molecule has 7 heteroatoms. The van der Waals surface area contributed by atoms with Gasteiger partial charge in [0.15, 0.2) is 0 Å². The van der Waals surface area contributed by atoms with Gasteiger partial charge in [-0.25, -0.2) is 13.1 Å². The molecule has 0 saturated carbocycles. The van der Waals surface area contributed by atoms with Crippen LogP contribution in [0.2, 0.25) is 5.02 Å². The number of benzene rings is 1. The predicted molar refractivity (Wildman–Crippen MR) is 88.9 cm³/mol. The van der Waals surface area contributed by atoms with Crippen molar-refractivity contribution in [3.05, 3.63) is 53.4 Å². The lowest BCUT2D eigenvalue weighted by Crippen LogP contribution is -2.36. The molecule has 0 bridgehead atoms. The van der Waals surface area contributed by atoms with Gasteiger partial charge in [0.2, 0.25) is 10.0 Å². The minimum atomic E-state index is -3.57. The normalized spacial score (nSPS) is 17.4. The van der Waals surface area contributed by atoms with E-state index in [4.69, 9.17) is 16.0 Å². The molecule has 2 heterocycles. The molecule has 2 aromatic rings. The molecule has 1 aliphatic rings. The Bertz CT molecular complexity index is 723. The van der Waals surface area contributed by atoms with Crippen LogP contribution in [0.15, 0.2) is 52.0 Å². The molecule has 23 heavy (non-hydrogen) atoms. The van der Waals surface area contributed by atoms with Gasteiger partial charge in [0, 0.05) is 11.6 Å². The van der Waals surface area contributed by atoms with Crippen molar-refractivity contribution in [2.24, 2.45) is 0 Å². The molecule has 1 aromatic heterocycles. The number of nitrogens with one attached hydrogen (secondary N) is 1. The van der Waals surface area contributed by atoms with Gasteiger partial charge in [-0.3, -0.25) is 4.90 Å². The summed E-state index contributed by atoms with van der Waals surface area (Å²) in [5.41, 5.74) is 0. The molecule has 1 atom stereocenters. The van der Waals surface area contributed by atoms with Gasteiger partial charge >= 0.3 is 0 Å². The highest BCUT2D eigenvalue weighted by Gasteiger charge is 2.27. The van der Waals surface area contributed by atoms with Crippen molar-refractivity contribution in [2.75, 3.05) is 19.6 Å². The van der Waals surface area contributed by atoms with Crippen molar-refractivity contribution in [1.82, 2.24) is 9.62 Å². The second-order valence-electron chi connectivity index (χ2n) is 5.58. The first-order valence-electron chi connectivity index (χ1n) is 7.59. The van der Waals surface area contributed by atoms with E-state index in [0.717, 1.165) is 31.7 Å². The van der Waals surface area contributed by atoms with Crippen LogP contribution in [0, 0.1) is 0 Å². The molecule has 0 radical (unpaired) electrons. The quantitative estimate of drug-likeness (QED) is 0.866. The maximum Gasteiger partial charge on any atom is 0.240 e. The maximum absolute atomic E-state index is 12.4. The van der Waals surface area contributed by atoms with Crippen LogP contribution in [0.25, 0.3) is 0 Å². The van der Waals surface area contributed by atoms with E-state index in [1.165, 1.54) is 12.1 Å². The monoisotopic (exact) mass is 354 g/mol. The molecule has 1 saturated heterocycles. The summed E-state index contributed by atoms with van der Waals surface area (Å²) in [6, 6.07) is 9.77. The highest BCUT2D eigenvalue weighted by molar-refractivity contribution is 7.89. The number of hydrogen-bond donors (Lipinski definition) is 1. The van der Waals surface area contributed by atoms with E-state index in [0.29, 0.717) is 5.02 Å². The molecule has 1 fully saturated rings. The van der Waals surface area contributed by atoms with Gasteiger partial charge in [0.05, 0.1) is 17.2 Å². The third-order valence-corrected chi connectivity index (χ3v) is 5.74. The van der Waals surface area contributed by atoms with Crippen molar-refractivity contribution < 1.29 is 12.8 Å². The van der Waals surface area contributed by atoms with Gasteiger partial charge in [-0.1, -0.05) is 11.6 Å². The molecule has 124 valence electrons. The van der Waals surface area contributed by atoms with Gasteiger partial charge in [-0.15, -0.1) is 0 Å². The number of hydrogen-bond acceptors (Lipinski definition) is 4. The Labute approximate surface area is 141 Å². The van der Waals surface area contributed by atoms with E-state index in [-0.39, 0.29) is 17.5 Å². The molecular formula is C16H19ClN2O3S. The second-order valence-corrected chi connectivity index (χ2v) is 7.78. The first-order chi connectivity index (χ1) is 11.1. The molecule has 1 aromatic carbocycles. The summed E-state index contributed by atoms with van der Waals surface area (Å²) in [6.45, 7) is 2.18. The maximum atomic E-state index is 12.4. The molecule has 1 aliphatic heterocycles. The minimum absolute atomic E-state index is 0.0884. The van der Waals surface area contributed by atoms with Crippen LogP contribution >= 0.6 is 11.6 Å². The zero-order chi connectivity index (χ0) is 16.3. The molecule has 1 N–H and O–H groups in total. The summed E-state index contributed by atoms with van der Waals surface area (Å²) >= 11 is 5.81. The lowest BCUT2D eigenvalue weighted by atomic mass is 10.2. The van der Waals surface area contributed by atoms with Crippen LogP contribution in [0.4, 0.5) is 0 Å². The lowest BCUT2D eigenvalue weighted by molar-refractivity contribution is 0.216. The van der Waals surface area contributed by atoms with Gasteiger partial charge < -0.3 is 4.42 Å². The van der Waals surface area contributed by atoms with Crippen molar-refractivity contribution >= 4 is 21.6 Å². The summed E-state index contributed by atoms with van der Waals surface area (Å²) in [5, 5.41) is 0.509. The van der Waals surface area contributed by atoms with E-state index in [1.807, 2.05) is 12.1 Å². The smallest absolute Gasteiger partial charge is 0.240 e. The summed E-state index contributed by atoms with van der Waals surface area (Å²) in [6.07, 6.45) is 3.87. The van der Waals surface area contributed by atoms with Crippen molar-refractivity contribution in [1.29, 1.82) is 0 Å². The number of rotatable bonds is 6. The average molecular weight is 355 g/mol. The summed E-state index contributed by atoms with van der Waals surface area (Å²) in [5.74, 6) is 0.783. The molecule has 3 rings (SSSR count). The SMILES string of the molecule is O=S(=O)(NC[C@H](c1ccco1)N1CCCC1)c1ccc(Cl)cc1. The Morgan fingerprint density at radius 2 is 1.87 bits per heavy atom. The van der Waals surface area contributed by atoms with Crippen LogP contribution < -0.4 is 4.72 Å². The summed E-state index contributed by atoms with van der Waals surface area (Å²) in [7, 11) is -3.57. The van der Waals surface area contributed by atoms with Gasteiger partial charge in [-0.05, 0) is 62.3 Å². The second kappa shape index (κ2) is 7.05. The molecule has 0 unspecified atom stereocenters. The third kappa shape index (κ3) is 3.95. The van der Waals surface area contributed by atoms with Crippen molar-refractivity contribution in [2.45, 2.75) is 23.8 Å². The molecule has 0 amide bonds. The van der Waals surface area contributed by atoms with E-state index in [9.17, 15) is 8.42 Å². The van der Waals surface area contributed by atoms with Crippen LogP contribution in [-0.2, 0) is 10.0 Å². The van der Waals surface area contributed by atoms with Crippen LogP contribution in [0.5, 0.6) is 0 Å². The standard InChI is InChI=1S/C16H19ClN2O3S/c17-13-5-7-14(8-6-13)23(20,21)18-12-15(16-4-3-11-22-16)19-9-1-2-10-19/h3-8,11,15,18H,1-2,9-10,12H2/t15-/m1/s1. The Kier molecular flexibility index (Phi) is 5.06. The third-order valence-electron chi connectivity index (χ3n) is 4.04. The predicted octanol–water partition coefficient (Wildman–Crippen LogP) is 3.05. The van der Waals surface area contributed by atoms with Gasteiger partial charge in [-0.2, -0.15) is 0 Å². The van der Waals surface area contributed by atoms with Crippen LogP contribution in [0.1, 0.15) is 24.6 Å². The Morgan fingerprint density at radius 3 is 2.48 bits per heavy atom. The Hall–Kier alpha value is -1.34. The number of likely N-dealkylation sites (tertiary alicyclic amines) is 1. The van der Waals surface area contributed by atoms with Gasteiger partial charge in [0.25, 0.3) is 0 Å². The molecule has 0 aliphatic carbocycles. The highest BCUT2D eigenvalue weighted by atomic mass is 35.5. The molecule has 5 nitrogen and oxygen atoms in total. The van der Waals surface area contributed by atoms with E-state index in [2.05, 4.69) is 9.62 Å². The van der Waals surface area contributed by atoms with Crippen LogP contribution in [0.3, 0.4) is 0 Å². The minimum Gasteiger partial charge on any atom is -0.468 e. The lowest BCUT2D eigenvalue weighted by Gasteiger charge is -2.25. The van der Waals surface area contributed by atoms with Gasteiger partial charge in [0.1, 0.15) is 5.76 Å². The first kappa shape index (κ1) is 16.5. The van der Waals surface area contributed by atoms with Crippen molar-refractivity contribution in [3.8, 4) is 0 Å². The Morgan fingerprint density at radius 1 is 1.17 bits per heavy atom. The van der Waals surface area contributed by atoms with Crippen LogP contribution in [-0.4, -0.2) is 33.0 Å². The van der Waals surface area contributed by atoms with E-state index < -0.39 is 10.0 Å². The Balaban J connectivity index is 1.74. The fraction of sp³-hybridized carbons (Fsp3) is 0.375. The zero-order valence-electron chi connectivity index (χ0n) is 12.6. The fourth-order valence-electron chi connectivity index (χ4n) is 2.83. The molecular weight excluding hydrogens is 336 g/mol. The highest BCUT2D eigenvalue weighted by Crippen LogP contribution is 2.25. The number of furan rings is 1. The number of halogens is 1. The summed E-state index contributed by atoms with van der Waals surface area (Å²) < 4.78 is 33.0. The average Bonchev–Trinajstić information content (AvgIpc) is 3.21.